The maximum Gasteiger partial charge on any atom is 0.335 e. The zero-order chi connectivity index (χ0) is 18.7. The quantitative estimate of drug-likeness (QED) is 0.635. The van der Waals surface area contributed by atoms with Crippen molar-refractivity contribution in [3.8, 4) is 10.7 Å². The molecule has 2 heterocycles. The lowest BCUT2D eigenvalue weighted by molar-refractivity contribution is 0.0697. The summed E-state index contributed by atoms with van der Waals surface area (Å²) in [4.78, 5) is 22.8. The number of thiophene rings is 1. The van der Waals surface area contributed by atoms with Crippen LogP contribution < -0.4 is 5.32 Å². The molecule has 3 aromatic rings. The van der Waals surface area contributed by atoms with Gasteiger partial charge in [0.05, 0.1) is 10.4 Å². The van der Waals surface area contributed by atoms with Gasteiger partial charge in [-0.15, -0.1) is 11.3 Å². The molecule has 2 N–H and O–H groups in total. The van der Waals surface area contributed by atoms with E-state index in [4.69, 9.17) is 15.1 Å². The highest BCUT2D eigenvalue weighted by Crippen LogP contribution is 2.30. The SMILES string of the molecule is CCc1nc(-c2ccc(C)s2)nc(Nc2ccc(C(=O)O)cc2)c1CC. The third kappa shape index (κ3) is 3.75. The fourth-order valence-corrected chi connectivity index (χ4v) is 3.60. The zero-order valence-corrected chi connectivity index (χ0v) is 15.9. The molecule has 0 bridgehead atoms. The van der Waals surface area contributed by atoms with Crippen LogP contribution in [-0.4, -0.2) is 21.0 Å². The van der Waals surface area contributed by atoms with Crippen molar-refractivity contribution in [2.75, 3.05) is 5.32 Å². The van der Waals surface area contributed by atoms with Gasteiger partial charge in [-0.2, -0.15) is 0 Å². The third-order valence-electron chi connectivity index (χ3n) is 4.14. The number of hydrogen-bond acceptors (Lipinski definition) is 5. The number of aromatic carboxylic acids is 1. The molecule has 0 atom stereocenters. The van der Waals surface area contributed by atoms with Gasteiger partial charge in [0.2, 0.25) is 0 Å². The molecule has 0 unspecified atom stereocenters. The summed E-state index contributed by atoms with van der Waals surface area (Å²) in [7, 11) is 0. The average Bonchev–Trinajstić information content (AvgIpc) is 3.08. The first kappa shape index (κ1) is 18.1. The van der Waals surface area contributed by atoms with E-state index in [-0.39, 0.29) is 5.56 Å². The third-order valence-corrected chi connectivity index (χ3v) is 5.13. The van der Waals surface area contributed by atoms with Gasteiger partial charge in [0.15, 0.2) is 5.82 Å². The van der Waals surface area contributed by atoms with Gasteiger partial charge in [-0.05, 0) is 56.2 Å². The molecule has 0 radical (unpaired) electrons. The monoisotopic (exact) mass is 367 g/mol. The molecule has 0 aliphatic carbocycles. The van der Waals surface area contributed by atoms with Crippen molar-refractivity contribution in [2.45, 2.75) is 33.6 Å². The summed E-state index contributed by atoms with van der Waals surface area (Å²) in [6, 6.07) is 10.8. The lowest BCUT2D eigenvalue weighted by Gasteiger charge is -2.15. The summed E-state index contributed by atoms with van der Waals surface area (Å²) in [6.45, 7) is 6.25. The van der Waals surface area contributed by atoms with E-state index >= 15 is 0 Å². The van der Waals surface area contributed by atoms with Crippen LogP contribution in [0.5, 0.6) is 0 Å². The molecule has 134 valence electrons. The van der Waals surface area contributed by atoms with Crippen LogP contribution in [0.2, 0.25) is 0 Å². The topological polar surface area (TPSA) is 75.1 Å². The predicted octanol–water partition coefficient (Wildman–Crippen LogP) is 5.08. The molecule has 1 aromatic carbocycles. The van der Waals surface area contributed by atoms with Crippen molar-refractivity contribution in [1.82, 2.24) is 9.97 Å². The maximum absolute atomic E-state index is 11.0. The van der Waals surface area contributed by atoms with E-state index in [0.29, 0.717) is 0 Å². The fraction of sp³-hybridized carbons (Fsp3) is 0.250. The van der Waals surface area contributed by atoms with E-state index in [1.54, 1.807) is 35.6 Å². The number of hydrogen-bond donors (Lipinski definition) is 2. The predicted molar refractivity (Wildman–Crippen MR) is 106 cm³/mol. The number of anilines is 2. The number of aromatic nitrogens is 2. The van der Waals surface area contributed by atoms with Crippen molar-refractivity contribution in [3.05, 3.63) is 58.1 Å². The summed E-state index contributed by atoms with van der Waals surface area (Å²) in [5.41, 5.74) is 3.19. The molecule has 5 nitrogen and oxygen atoms in total. The Balaban J connectivity index is 2.02. The smallest absolute Gasteiger partial charge is 0.335 e. The first-order valence-electron chi connectivity index (χ1n) is 8.58. The molecule has 26 heavy (non-hydrogen) atoms. The second kappa shape index (κ2) is 7.66. The normalized spacial score (nSPS) is 10.7. The number of nitrogens with one attached hydrogen (secondary N) is 1. The summed E-state index contributed by atoms with van der Waals surface area (Å²) in [5.74, 6) is 0.571. The Kier molecular flexibility index (Phi) is 5.32. The molecule has 2 aromatic heterocycles. The van der Waals surface area contributed by atoms with Gasteiger partial charge in [-0.3, -0.25) is 0 Å². The Morgan fingerprint density at radius 2 is 1.81 bits per heavy atom. The Labute approximate surface area is 156 Å². The van der Waals surface area contributed by atoms with Crippen LogP contribution in [-0.2, 0) is 12.8 Å². The zero-order valence-electron chi connectivity index (χ0n) is 15.0. The van der Waals surface area contributed by atoms with Gasteiger partial charge < -0.3 is 10.4 Å². The van der Waals surface area contributed by atoms with Crippen LogP contribution in [0, 0.1) is 6.92 Å². The lowest BCUT2D eigenvalue weighted by Crippen LogP contribution is -2.07. The van der Waals surface area contributed by atoms with E-state index in [0.717, 1.165) is 46.3 Å². The average molecular weight is 367 g/mol. The summed E-state index contributed by atoms with van der Waals surface area (Å²) in [5, 5.41) is 12.4. The van der Waals surface area contributed by atoms with Gasteiger partial charge >= 0.3 is 5.97 Å². The van der Waals surface area contributed by atoms with E-state index in [2.05, 4.69) is 32.2 Å². The van der Waals surface area contributed by atoms with Crippen LogP contribution in [0.3, 0.4) is 0 Å². The Morgan fingerprint density at radius 1 is 1.08 bits per heavy atom. The highest BCUT2D eigenvalue weighted by atomic mass is 32.1. The molecule has 0 fully saturated rings. The summed E-state index contributed by atoms with van der Waals surface area (Å²) >= 11 is 1.68. The van der Waals surface area contributed by atoms with Gasteiger partial charge in [0.25, 0.3) is 0 Å². The van der Waals surface area contributed by atoms with Crippen LogP contribution in [0.4, 0.5) is 11.5 Å². The van der Waals surface area contributed by atoms with Gasteiger partial charge in [-0.1, -0.05) is 13.8 Å². The van der Waals surface area contributed by atoms with E-state index < -0.39 is 5.97 Å². The molecule has 0 amide bonds. The standard InChI is InChI=1S/C20H21N3O2S/c1-4-15-16(5-2)22-19(17-11-6-12(3)26-17)23-18(15)21-14-9-7-13(8-10-14)20(24)25/h6-11H,4-5H2,1-3H3,(H,24,25)(H,21,22,23). The fourth-order valence-electron chi connectivity index (χ4n) is 2.80. The molecule has 6 heteroatoms. The number of nitrogens with zero attached hydrogens (tertiary/aromatic N) is 2. The highest BCUT2D eigenvalue weighted by molar-refractivity contribution is 7.15. The van der Waals surface area contributed by atoms with Gasteiger partial charge in [-0.25, -0.2) is 14.8 Å². The lowest BCUT2D eigenvalue weighted by atomic mass is 10.1. The Bertz CT molecular complexity index is 933. The first-order chi connectivity index (χ1) is 12.5. The van der Waals surface area contributed by atoms with E-state index in [1.165, 1.54) is 4.88 Å². The summed E-state index contributed by atoms with van der Waals surface area (Å²) in [6.07, 6.45) is 1.65. The van der Waals surface area contributed by atoms with Crippen molar-refractivity contribution in [3.63, 3.8) is 0 Å². The molecule has 0 aliphatic heterocycles. The molecule has 0 saturated carbocycles. The van der Waals surface area contributed by atoms with Crippen LogP contribution in [0.1, 0.15) is 40.3 Å². The molecule has 0 saturated heterocycles. The van der Waals surface area contributed by atoms with Gasteiger partial charge in [0.1, 0.15) is 5.82 Å². The van der Waals surface area contributed by atoms with Crippen LogP contribution in [0.25, 0.3) is 10.7 Å². The van der Waals surface area contributed by atoms with Crippen LogP contribution in [0.15, 0.2) is 36.4 Å². The molecule has 0 aliphatic rings. The molecule has 3 rings (SSSR count). The van der Waals surface area contributed by atoms with Crippen molar-refractivity contribution in [2.24, 2.45) is 0 Å². The molecule has 0 spiro atoms. The highest BCUT2D eigenvalue weighted by Gasteiger charge is 2.15. The number of carboxylic acid groups (broad SMARTS) is 1. The molecular formula is C20H21N3O2S. The number of aryl methyl sites for hydroxylation is 2. The van der Waals surface area contributed by atoms with E-state index in [9.17, 15) is 4.79 Å². The maximum atomic E-state index is 11.0. The van der Waals surface area contributed by atoms with E-state index in [1.807, 2.05) is 6.07 Å². The second-order valence-corrected chi connectivity index (χ2v) is 7.23. The minimum absolute atomic E-state index is 0.262. The molecular weight excluding hydrogens is 346 g/mol. The van der Waals surface area contributed by atoms with Crippen molar-refractivity contribution < 1.29 is 9.90 Å². The number of benzene rings is 1. The number of carbonyl (C=O) groups is 1. The number of carboxylic acids is 1. The first-order valence-corrected chi connectivity index (χ1v) is 9.40. The van der Waals surface area contributed by atoms with Crippen LogP contribution >= 0.6 is 11.3 Å². The van der Waals surface area contributed by atoms with Gasteiger partial charge in [0, 0.05) is 21.8 Å². The summed E-state index contributed by atoms with van der Waals surface area (Å²) < 4.78 is 0. The second-order valence-electron chi connectivity index (χ2n) is 5.95. The van der Waals surface area contributed by atoms with Crippen molar-refractivity contribution >= 4 is 28.8 Å². The minimum Gasteiger partial charge on any atom is -0.478 e. The largest absolute Gasteiger partial charge is 0.478 e. The Morgan fingerprint density at radius 3 is 2.35 bits per heavy atom. The van der Waals surface area contributed by atoms with Crippen molar-refractivity contribution in [1.29, 1.82) is 0 Å². The number of rotatable bonds is 6. The Hall–Kier alpha value is -2.73. The minimum atomic E-state index is -0.934.